The van der Waals surface area contributed by atoms with E-state index in [0.29, 0.717) is 36.2 Å². The summed E-state index contributed by atoms with van der Waals surface area (Å²) >= 11 is 0. The molecule has 3 rings (SSSR count). The first-order valence-electron chi connectivity index (χ1n) is 15.2. The molecule has 0 aromatic heterocycles. The van der Waals surface area contributed by atoms with Crippen LogP contribution < -0.4 is 9.47 Å². The molecule has 0 N–H and O–H groups in total. The highest BCUT2D eigenvalue weighted by atomic mass is 16.6. The predicted molar refractivity (Wildman–Crippen MR) is 158 cm³/mol. The molecular weight excluding hydrogens is 504 g/mol. The minimum atomic E-state index is -0.481. The van der Waals surface area contributed by atoms with Crippen LogP contribution in [0.25, 0.3) is 0 Å². The van der Waals surface area contributed by atoms with E-state index in [0.717, 1.165) is 62.9 Å². The standard InChI is InChI=1S/C34H48O6/c1-5-10-25(3)22-37-30-18-14-28(15-19-30)33(35)39-24-32(27-12-8-7-9-13-27)40-34(36)29-16-20-31(21-17-29)38-23-26(4)11-6-2/h14-21,25-27,32H,5-13,22-24H2,1-4H3/t25-,26-,32?/m1/s1. The van der Waals surface area contributed by atoms with Crippen LogP contribution >= 0.6 is 0 Å². The molecular formula is C34H48O6. The normalized spacial score (nSPS) is 16.0. The Balaban J connectivity index is 1.55. The van der Waals surface area contributed by atoms with E-state index in [4.69, 9.17) is 18.9 Å². The van der Waals surface area contributed by atoms with E-state index in [1.807, 2.05) is 12.1 Å². The van der Waals surface area contributed by atoms with Crippen molar-refractivity contribution < 1.29 is 28.5 Å². The van der Waals surface area contributed by atoms with Gasteiger partial charge in [0, 0.05) is 0 Å². The Labute approximate surface area is 240 Å². The number of hydrogen-bond acceptors (Lipinski definition) is 6. The molecule has 1 aliphatic carbocycles. The van der Waals surface area contributed by atoms with E-state index >= 15 is 0 Å². The van der Waals surface area contributed by atoms with E-state index in [1.165, 1.54) is 6.42 Å². The van der Waals surface area contributed by atoms with Gasteiger partial charge in [0.15, 0.2) is 0 Å². The lowest BCUT2D eigenvalue weighted by Crippen LogP contribution is -2.33. The lowest BCUT2D eigenvalue weighted by Gasteiger charge is -2.29. The van der Waals surface area contributed by atoms with Crippen LogP contribution in [0, 0.1) is 17.8 Å². The van der Waals surface area contributed by atoms with Crippen LogP contribution in [-0.2, 0) is 9.47 Å². The fourth-order valence-electron chi connectivity index (χ4n) is 5.22. The fraction of sp³-hybridized carbons (Fsp3) is 0.588. The summed E-state index contributed by atoms with van der Waals surface area (Å²) in [5.41, 5.74) is 0.913. The number of esters is 2. The van der Waals surface area contributed by atoms with Gasteiger partial charge in [0.25, 0.3) is 0 Å². The summed E-state index contributed by atoms with van der Waals surface area (Å²) in [6, 6.07) is 14.1. The van der Waals surface area contributed by atoms with Gasteiger partial charge in [-0.15, -0.1) is 0 Å². The van der Waals surface area contributed by atoms with Crippen molar-refractivity contribution in [2.24, 2.45) is 17.8 Å². The third-order valence-corrected chi connectivity index (χ3v) is 7.62. The van der Waals surface area contributed by atoms with Crippen LogP contribution in [0.3, 0.4) is 0 Å². The monoisotopic (exact) mass is 552 g/mol. The molecule has 0 heterocycles. The topological polar surface area (TPSA) is 71.1 Å². The first kappa shape index (κ1) is 31.5. The largest absolute Gasteiger partial charge is 0.493 e. The number of carbonyl (C=O) groups is 2. The molecule has 1 saturated carbocycles. The summed E-state index contributed by atoms with van der Waals surface area (Å²) in [5.74, 6) is 1.79. The zero-order valence-electron chi connectivity index (χ0n) is 24.9. The molecule has 6 heteroatoms. The quantitative estimate of drug-likeness (QED) is 0.195. The summed E-state index contributed by atoms with van der Waals surface area (Å²) in [7, 11) is 0. The van der Waals surface area contributed by atoms with Gasteiger partial charge in [-0.2, -0.15) is 0 Å². The summed E-state index contributed by atoms with van der Waals surface area (Å²) in [6.07, 6.45) is 9.30. The number of carbonyl (C=O) groups excluding carboxylic acids is 2. The Hall–Kier alpha value is -3.02. The summed E-state index contributed by atoms with van der Waals surface area (Å²) in [5, 5.41) is 0. The van der Waals surface area contributed by atoms with E-state index in [1.54, 1.807) is 36.4 Å². The van der Waals surface area contributed by atoms with Crippen molar-refractivity contribution in [3.05, 3.63) is 59.7 Å². The molecule has 1 aliphatic rings. The molecule has 0 aliphatic heterocycles. The van der Waals surface area contributed by atoms with Gasteiger partial charge in [-0.25, -0.2) is 9.59 Å². The second kappa shape index (κ2) is 16.9. The second-order valence-electron chi connectivity index (χ2n) is 11.4. The maximum absolute atomic E-state index is 13.0. The van der Waals surface area contributed by atoms with Crippen molar-refractivity contribution in [3.63, 3.8) is 0 Å². The lowest BCUT2D eigenvalue weighted by atomic mass is 9.85. The van der Waals surface area contributed by atoms with Gasteiger partial charge in [0.1, 0.15) is 24.2 Å². The molecule has 3 atom stereocenters. The molecule has 2 aromatic rings. The van der Waals surface area contributed by atoms with Crippen molar-refractivity contribution in [2.45, 2.75) is 91.6 Å². The third kappa shape index (κ3) is 10.5. The van der Waals surface area contributed by atoms with Crippen LogP contribution in [0.5, 0.6) is 11.5 Å². The lowest BCUT2D eigenvalue weighted by molar-refractivity contribution is -0.0247. The van der Waals surface area contributed by atoms with Gasteiger partial charge >= 0.3 is 11.9 Å². The number of benzene rings is 2. The molecule has 40 heavy (non-hydrogen) atoms. The zero-order valence-corrected chi connectivity index (χ0v) is 24.9. The Morgan fingerprint density at radius 2 is 1.18 bits per heavy atom. The van der Waals surface area contributed by atoms with E-state index in [-0.39, 0.29) is 12.5 Å². The van der Waals surface area contributed by atoms with Crippen LogP contribution in [0.1, 0.15) is 106 Å². The SMILES string of the molecule is CCC[C@@H](C)COc1ccc(C(=O)OCC(OC(=O)c2ccc(OC[C@H](C)CCC)cc2)C2CCCCC2)cc1. The van der Waals surface area contributed by atoms with Crippen LogP contribution in [0.4, 0.5) is 0 Å². The molecule has 6 nitrogen and oxygen atoms in total. The Kier molecular flexibility index (Phi) is 13.3. The smallest absolute Gasteiger partial charge is 0.338 e. The van der Waals surface area contributed by atoms with Crippen molar-refractivity contribution in [1.82, 2.24) is 0 Å². The molecule has 0 spiro atoms. The summed E-state index contributed by atoms with van der Waals surface area (Å²) in [6.45, 7) is 10.0. The molecule has 1 unspecified atom stereocenters. The van der Waals surface area contributed by atoms with Crippen LogP contribution in [0.2, 0.25) is 0 Å². The van der Waals surface area contributed by atoms with Gasteiger partial charge in [-0.1, -0.05) is 59.8 Å². The predicted octanol–water partition coefficient (Wildman–Crippen LogP) is 8.28. The average Bonchev–Trinajstić information content (AvgIpc) is 2.98. The Morgan fingerprint density at radius 1 is 0.700 bits per heavy atom. The van der Waals surface area contributed by atoms with Gasteiger partial charge in [-0.3, -0.25) is 0 Å². The zero-order chi connectivity index (χ0) is 28.7. The number of rotatable bonds is 16. The molecule has 0 amide bonds. The van der Waals surface area contributed by atoms with Crippen molar-refractivity contribution in [2.75, 3.05) is 19.8 Å². The molecule has 0 radical (unpaired) electrons. The van der Waals surface area contributed by atoms with E-state index in [9.17, 15) is 9.59 Å². The fourth-order valence-corrected chi connectivity index (χ4v) is 5.22. The van der Waals surface area contributed by atoms with Crippen LogP contribution in [-0.4, -0.2) is 37.9 Å². The molecule has 2 aromatic carbocycles. The van der Waals surface area contributed by atoms with E-state index in [2.05, 4.69) is 27.7 Å². The average molecular weight is 553 g/mol. The summed E-state index contributed by atoms with van der Waals surface area (Å²) in [4.78, 5) is 25.9. The van der Waals surface area contributed by atoms with Crippen LogP contribution in [0.15, 0.2) is 48.5 Å². The molecule has 0 bridgehead atoms. The van der Waals surface area contributed by atoms with Gasteiger partial charge in [0.2, 0.25) is 0 Å². The molecule has 0 saturated heterocycles. The maximum atomic E-state index is 13.0. The maximum Gasteiger partial charge on any atom is 0.338 e. The van der Waals surface area contributed by atoms with Crippen molar-refractivity contribution >= 4 is 11.9 Å². The highest BCUT2D eigenvalue weighted by Crippen LogP contribution is 2.29. The third-order valence-electron chi connectivity index (χ3n) is 7.62. The molecule has 1 fully saturated rings. The number of ether oxygens (including phenoxy) is 4. The van der Waals surface area contributed by atoms with Crippen molar-refractivity contribution in [1.29, 1.82) is 0 Å². The second-order valence-corrected chi connectivity index (χ2v) is 11.4. The number of hydrogen-bond donors (Lipinski definition) is 0. The first-order valence-corrected chi connectivity index (χ1v) is 15.2. The van der Waals surface area contributed by atoms with Crippen molar-refractivity contribution in [3.8, 4) is 11.5 Å². The minimum absolute atomic E-state index is 0.0402. The Morgan fingerprint density at radius 3 is 1.65 bits per heavy atom. The van der Waals surface area contributed by atoms with E-state index < -0.39 is 18.0 Å². The minimum Gasteiger partial charge on any atom is -0.493 e. The summed E-state index contributed by atoms with van der Waals surface area (Å²) < 4.78 is 23.3. The van der Waals surface area contributed by atoms with Gasteiger partial charge in [-0.05, 0) is 92.0 Å². The highest BCUT2D eigenvalue weighted by Gasteiger charge is 2.29. The highest BCUT2D eigenvalue weighted by molar-refractivity contribution is 5.90. The Bertz CT molecular complexity index is 1010. The first-order chi connectivity index (χ1) is 19.4. The van der Waals surface area contributed by atoms with Gasteiger partial charge in [0.05, 0.1) is 24.3 Å². The molecule has 220 valence electrons. The van der Waals surface area contributed by atoms with Gasteiger partial charge < -0.3 is 18.9 Å².